The van der Waals surface area contributed by atoms with Gasteiger partial charge in [0, 0.05) is 25.7 Å². The van der Waals surface area contributed by atoms with Crippen molar-refractivity contribution in [3.05, 3.63) is 35.7 Å². The van der Waals surface area contributed by atoms with Crippen molar-refractivity contribution in [2.45, 2.75) is 51.5 Å². The third kappa shape index (κ3) is 4.61. The highest BCUT2D eigenvalue weighted by atomic mass is 16.5. The monoisotopic (exact) mass is 397 g/mol. The Hall–Kier alpha value is -2.41. The molecule has 0 atom stereocenters. The maximum Gasteiger partial charge on any atom is 0.273 e. The second-order valence-electron chi connectivity index (χ2n) is 8.33. The van der Waals surface area contributed by atoms with Gasteiger partial charge in [0.2, 0.25) is 0 Å². The number of piperidine rings is 1. The molecule has 1 aliphatic carbocycles. The normalized spacial score (nSPS) is 18.8. The van der Waals surface area contributed by atoms with Crippen molar-refractivity contribution in [3.63, 3.8) is 0 Å². The van der Waals surface area contributed by atoms with Crippen LogP contribution in [0.25, 0.3) is 5.69 Å². The third-order valence-electron chi connectivity index (χ3n) is 6.34. The smallest absolute Gasteiger partial charge is 0.273 e. The average molecular weight is 398 g/mol. The Morgan fingerprint density at radius 2 is 1.83 bits per heavy atom. The predicted octanol–water partition coefficient (Wildman–Crippen LogP) is 2.97. The Morgan fingerprint density at radius 1 is 1.14 bits per heavy atom. The van der Waals surface area contributed by atoms with Crippen LogP contribution in [0, 0.1) is 12.8 Å². The van der Waals surface area contributed by atoms with E-state index in [1.165, 1.54) is 32.2 Å². The maximum atomic E-state index is 12.8. The molecule has 1 aromatic heterocycles. The summed E-state index contributed by atoms with van der Waals surface area (Å²) in [5.41, 5.74) is 2.00. The Balaban J connectivity index is 1.32. The summed E-state index contributed by atoms with van der Waals surface area (Å²) < 4.78 is 6.89. The highest BCUT2D eigenvalue weighted by molar-refractivity contribution is 5.93. The summed E-state index contributed by atoms with van der Waals surface area (Å²) in [4.78, 5) is 15.4. The van der Waals surface area contributed by atoms with Crippen LogP contribution in [0.15, 0.2) is 24.3 Å². The van der Waals surface area contributed by atoms with Gasteiger partial charge in [0.05, 0.1) is 18.5 Å². The van der Waals surface area contributed by atoms with Crippen molar-refractivity contribution in [1.82, 2.24) is 25.2 Å². The van der Waals surface area contributed by atoms with Crippen LogP contribution in [-0.4, -0.2) is 58.6 Å². The second kappa shape index (κ2) is 8.95. The van der Waals surface area contributed by atoms with Gasteiger partial charge in [0.25, 0.3) is 5.91 Å². The maximum absolute atomic E-state index is 12.8. The van der Waals surface area contributed by atoms with Gasteiger partial charge in [-0.25, -0.2) is 4.68 Å². The quantitative estimate of drug-likeness (QED) is 0.811. The van der Waals surface area contributed by atoms with Crippen molar-refractivity contribution in [2.75, 3.05) is 26.7 Å². The summed E-state index contributed by atoms with van der Waals surface area (Å²) in [7, 11) is 1.64. The molecule has 29 heavy (non-hydrogen) atoms. The van der Waals surface area contributed by atoms with Gasteiger partial charge in [-0.1, -0.05) is 18.1 Å². The number of likely N-dealkylation sites (tertiary alicyclic amines) is 1. The van der Waals surface area contributed by atoms with E-state index in [0.717, 1.165) is 49.0 Å². The van der Waals surface area contributed by atoms with Crippen molar-refractivity contribution in [2.24, 2.45) is 5.92 Å². The van der Waals surface area contributed by atoms with Gasteiger partial charge in [0.1, 0.15) is 5.75 Å². The summed E-state index contributed by atoms with van der Waals surface area (Å²) in [6.07, 6.45) is 7.58. The number of methoxy groups -OCH3 is 1. The van der Waals surface area contributed by atoms with Crippen LogP contribution in [0.3, 0.4) is 0 Å². The number of carbonyl (C=O) groups excluding carboxylic acids is 1. The Morgan fingerprint density at radius 3 is 2.48 bits per heavy atom. The van der Waals surface area contributed by atoms with E-state index in [2.05, 4.69) is 20.5 Å². The molecule has 0 spiro atoms. The van der Waals surface area contributed by atoms with E-state index < -0.39 is 0 Å². The van der Waals surface area contributed by atoms with Gasteiger partial charge in [0.15, 0.2) is 5.69 Å². The lowest BCUT2D eigenvalue weighted by Gasteiger charge is -2.33. The SMILES string of the molecule is COc1ccc(-n2nnc(C(=O)NC3CCN(CC4CCCC4)CC3)c2C)cc1. The highest BCUT2D eigenvalue weighted by Crippen LogP contribution is 2.26. The van der Waals surface area contributed by atoms with Crippen LogP contribution in [0.2, 0.25) is 0 Å². The van der Waals surface area contributed by atoms with Crippen LogP contribution in [0.1, 0.15) is 54.7 Å². The first-order chi connectivity index (χ1) is 14.1. The molecule has 2 fully saturated rings. The molecule has 1 N–H and O–H groups in total. The Labute approximate surface area is 172 Å². The molecule has 1 saturated heterocycles. The number of hydrogen-bond donors (Lipinski definition) is 1. The van der Waals surface area contributed by atoms with Crippen LogP contribution in [0.5, 0.6) is 5.75 Å². The fraction of sp³-hybridized carbons (Fsp3) is 0.591. The van der Waals surface area contributed by atoms with Gasteiger partial charge < -0.3 is 15.0 Å². The Bertz CT molecular complexity index is 818. The average Bonchev–Trinajstić information content (AvgIpc) is 3.39. The van der Waals surface area contributed by atoms with E-state index in [0.29, 0.717) is 5.69 Å². The first-order valence-corrected chi connectivity index (χ1v) is 10.7. The van der Waals surface area contributed by atoms with Crippen molar-refractivity contribution >= 4 is 5.91 Å². The summed E-state index contributed by atoms with van der Waals surface area (Å²) >= 11 is 0. The lowest BCUT2D eigenvalue weighted by Crippen LogP contribution is -2.45. The third-order valence-corrected chi connectivity index (χ3v) is 6.34. The van der Waals surface area contributed by atoms with Crippen molar-refractivity contribution in [3.8, 4) is 11.4 Å². The zero-order valence-electron chi connectivity index (χ0n) is 17.4. The van der Waals surface area contributed by atoms with Crippen LogP contribution in [-0.2, 0) is 0 Å². The minimum Gasteiger partial charge on any atom is -0.497 e. The zero-order valence-corrected chi connectivity index (χ0v) is 17.4. The zero-order chi connectivity index (χ0) is 20.2. The summed E-state index contributed by atoms with van der Waals surface area (Å²) in [5.74, 6) is 1.54. The number of rotatable bonds is 6. The fourth-order valence-electron chi connectivity index (χ4n) is 4.58. The number of ether oxygens (including phenoxy) is 1. The molecule has 0 unspecified atom stereocenters. The topological polar surface area (TPSA) is 72.3 Å². The fourth-order valence-corrected chi connectivity index (χ4v) is 4.58. The first-order valence-electron chi connectivity index (χ1n) is 10.7. The minimum absolute atomic E-state index is 0.128. The lowest BCUT2D eigenvalue weighted by molar-refractivity contribution is 0.0900. The summed E-state index contributed by atoms with van der Waals surface area (Å²) in [6.45, 7) is 5.25. The molecule has 7 nitrogen and oxygen atoms in total. The van der Waals surface area contributed by atoms with Crippen molar-refractivity contribution in [1.29, 1.82) is 0 Å². The van der Waals surface area contributed by atoms with Gasteiger partial charge in [-0.15, -0.1) is 5.10 Å². The van der Waals surface area contributed by atoms with Gasteiger partial charge in [-0.3, -0.25) is 4.79 Å². The molecule has 1 aliphatic heterocycles. The lowest BCUT2D eigenvalue weighted by atomic mass is 10.0. The van der Waals surface area contributed by atoms with E-state index in [-0.39, 0.29) is 11.9 Å². The molecule has 2 aliphatic rings. The molecule has 156 valence electrons. The number of nitrogens with one attached hydrogen (secondary N) is 1. The molecule has 2 aromatic rings. The van der Waals surface area contributed by atoms with Crippen LogP contribution < -0.4 is 10.1 Å². The molecule has 1 saturated carbocycles. The molecular weight excluding hydrogens is 366 g/mol. The number of carbonyl (C=O) groups is 1. The van der Waals surface area contributed by atoms with E-state index in [9.17, 15) is 4.79 Å². The van der Waals surface area contributed by atoms with E-state index in [1.54, 1.807) is 11.8 Å². The number of hydrogen-bond acceptors (Lipinski definition) is 5. The van der Waals surface area contributed by atoms with Crippen molar-refractivity contribution < 1.29 is 9.53 Å². The second-order valence-corrected chi connectivity index (χ2v) is 8.33. The van der Waals surface area contributed by atoms with Gasteiger partial charge >= 0.3 is 0 Å². The van der Waals surface area contributed by atoms with Gasteiger partial charge in [-0.2, -0.15) is 0 Å². The molecular formula is C22H31N5O2. The van der Waals surface area contributed by atoms with E-state index in [1.807, 2.05) is 31.2 Å². The van der Waals surface area contributed by atoms with E-state index >= 15 is 0 Å². The van der Waals surface area contributed by atoms with Crippen LogP contribution >= 0.6 is 0 Å². The molecule has 0 bridgehead atoms. The summed E-state index contributed by atoms with van der Waals surface area (Å²) in [5, 5.41) is 11.5. The summed E-state index contributed by atoms with van der Waals surface area (Å²) in [6, 6.07) is 7.77. The first kappa shape index (κ1) is 19.9. The van der Waals surface area contributed by atoms with Crippen LogP contribution in [0.4, 0.5) is 0 Å². The standard InChI is InChI=1S/C22H31N5O2/c1-16-21(24-25-27(16)19-7-9-20(29-2)10-8-19)22(28)23-18-11-13-26(14-12-18)15-17-5-3-4-6-17/h7-10,17-18H,3-6,11-15H2,1-2H3,(H,23,28). The molecule has 2 heterocycles. The highest BCUT2D eigenvalue weighted by Gasteiger charge is 2.26. The molecule has 1 aromatic carbocycles. The minimum atomic E-state index is -0.128. The predicted molar refractivity (Wildman–Crippen MR) is 112 cm³/mol. The van der Waals surface area contributed by atoms with E-state index in [4.69, 9.17) is 4.74 Å². The number of nitrogens with zero attached hydrogens (tertiary/aromatic N) is 4. The number of amides is 1. The van der Waals surface area contributed by atoms with Gasteiger partial charge in [-0.05, 0) is 62.8 Å². The molecule has 1 amide bonds. The Kier molecular flexibility index (Phi) is 6.13. The molecule has 4 rings (SSSR count). The largest absolute Gasteiger partial charge is 0.497 e. The molecule has 7 heteroatoms. The number of benzene rings is 1. The number of aromatic nitrogens is 3. The molecule has 0 radical (unpaired) electrons.